The van der Waals surface area contributed by atoms with E-state index in [1.54, 1.807) is 48.5 Å². The third kappa shape index (κ3) is 6.12. The fourth-order valence-corrected chi connectivity index (χ4v) is 1.97. The lowest BCUT2D eigenvalue weighted by molar-refractivity contribution is -0.136. The summed E-state index contributed by atoms with van der Waals surface area (Å²) in [7, 11) is 0. The van der Waals surface area contributed by atoms with Crippen molar-refractivity contribution in [1.82, 2.24) is 5.43 Å². The first kappa shape index (κ1) is 18.2. The summed E-state index contributed by atoms with van der Waals surface area (Å²) in [5, 5.41) is 6.62. The van der Waals surface area contributed by atoms with Crippen LogP contribution in [0.1, 0.15) is 5.56 Å². The molecule has 0 aromatic heterocycles. The lowest BCUT2D eigenvalue weighted by Gasteiger charge is -2.04. The van der Waals surface area contributed by atoms with Crippen LogP contribution >= 0.6 is 11.6 Å². The first-order valence-corrected chi connectivity index (χ1v) is 7.70. The van der Waals surface area contributed by atoms with E-state index < -0.39 is 11.8 Å². The van der Waals surface area contributed by atoms with Crippen molar-refractivity contribution in [3.63, 3.8) is 0 Å². The van der Waals surface area contributed by atoms with E-state index in [0.29, 0.717) is 23.1 Å². The van der Waals surface area contributed by atoms with Crippen molar-refractivity contribution >= 4 is 35.3 Å². The maximum atomic E-state index is 11.7. The fraction of sp³-hybridized carbons (Fsp3) is 0.0556. The van der Waals surface area contributed by atoms with E-state index in [-0.39, 0.29) is 0 Å². The zero-order valence-electron chi connectivity index (χ0n) is 13.2. The molecule has 0 bridgehead atoms. The number of benzene rings is 2. The number of ether oxygens (including phenoxy) is 1. The lowest BCUT2D eigenvalue weighted by Crippen LogP contribution is -2.32. The van der Waals surface area contributed by atoms with E-state index in [1.165, 1.54) is 12.3 Å². The van der Waals surface area contributed by atoms with Gasteiger partial charge in [-0.25, -0.2) is 5.43 Å². The maximum absolute atomic E-state index is 11.7. The van der Waals surface area contributed by atoms with E-state index in [4.69, 9.17) is 16.3 Å². The van der Waals surface area contributed by atoms with Crippen LogP contribution in [-0.2, 0) is 9.59 Å². The molecule has 0 aliphatic carbocycles. The van der Waals surface area contributed by atoms with E-state index in [2.05, 4.69) is 22.4 Å². The van der Waals surface area contributed by atoms with Gasteiger partial charge in [-0.1, -0.05) is 30.3 Å². The summed E-state index contributed by atoms with van der Waals surface area (Å²) in [6.45, 7) is 3.99. The number of nitrogens with one attached hydrogen (secondary N) is 2. The van der Waals surface area contributed by atoms with Crippen LogP contribution in [0.4, 0.5) is 5.69 Å². The second-order valence-corrected chi connectivity index (χ2v) is 5.27. The molecule has 2 aromatic carbocycles. The van der Waals surface area contributed by atoms with Crippen LogP contribution in [0.25, 0.3) is 0 Å². The molecule has 6 nitrogen and oxygen atoms in total. The summed E-state index contributed by atoms with van der Waals surface area (Å²) in [6, 6.07) is 13.5. The summed E-state index contributed by atoms with van der Waals surface area (Å²) >= 11 is 5.81. The van der Waals surface area contributed by atoms with Crippen molar-refractivity contribution < 1.29 is 14.3 Å². The average Bonchev–Trinajstić information content (AvgIpc) is 2.61. The molecule has 2 aromatic rings. The van der Waals surface area contributed by atoms with Crippen molar-refractivity contribution in [3.8, 4) is 5.75 Å². The van der Waals surface area contributed by atoms with Crippen molar-refractivity contribution in [3.05, 3.63) is 71.8 Å². The predicted octanol–water partition coefficient (Wildman–Crippen LogP) is 2.99. The Balaban J connectivity index is 1.85. The molecule has 2 rings (SSSR count). The second kappa shape index (κ2) is 9.24. The summed E-state index contributed by atoms with van der Waals surface area (Å²) < 4.78 is 5.35. The number of amides is 2. The van der Waals surface area contributed by atoms with Crippen LogP contribution in [0.5, 0.6) is 5.75 Å². The molecule has 0 aliphatic rings. The van der Waals surface area contributed by atoms with E-state index in [1.807, 2.05) is 0 Å². The van der Waals surface area contributed by atoms with Gasteiger partial charge in [-0.3, -0.25) is 9.59 Å². The van der Waals surface area contributed by atoms with Gasteiger partial charge in [-0.2, -0.15) is 5.10 Å². The minimum absolute atomic E-state index is 0.422. The summed E-state index contributed by atoms with van der Waals surface area (Å²) in [5.41, 5.74) is 3.32. The van der Waals surface area contributed by atoms with Crippen LogP contribution in [-0.4, -0.2) is 24.6 Å². The Morgan fingerprint density at radius 2 is 1.92 bits per heavy atom. The molecule has 0 spiro atoms. The number of carbonyl (C=O) groups excluding carboxylic acids is 2. The number of hydrazone groups is 1. The van der Waals surface area contributed by atoms with Crippen LogP contribution in [0.15, 0.2) is 66.3 Å². The van der Waals surface area contributed by atoms with Crippen LogP contribution in [0.3, 0.4) is 0 Å². The fourth-order valence-electron chi connectivity index (χ4n) is 1.78. The number of nitrogens with zero attached hydrogens (tertiary/aromatic N) is 1. The zero-order chi connectivity index (χ0) is 18.1. The monoisotopic (exact) mass is 357 g/mol. The quantitative estimate of drug-likeness (QED) is 0.361. The molecule has 0 saturated heterocycles. The Hall–Kier alpha value is -3.12. The second-order valence-electron chi connectivity index (χ2n) is 4.83. The van der Waals surface area contributed by atoms with Gasteiger partial charge in [0.15, 0.2) is 0 Å². The molecule has 7 heteroatoms. The molecule has 0 heterocycles. The first-order valence-electron chi connectivity index (χ1n) is 7.32. The van der Waals surface area contributed by atoms with Crippen LogP contribution in [0.2, 0.25) is 5.02 Å². The van der Waals surface area contributed by atoms with Gasteiger partial charge in [0, 0.05) is 10.7 Å². The molecule has 2 amide bonds. The van der Waals surface area contributed by atoms with Gasteiger partial charge in [0.25, 0.3) is 0 Å². The Morgan fingerprint density at radius 1 is 1.16 bits per heavy atom. The van der Waals surface area contributed by atoms with E-state index in [0.717, 1.165) is 5.56 Å². The molecule has 0 aliphatic heterocycles. The highest BCUT2D eigenvalue weighted by atomic mass is 35.5. The summed E-state index contributed by atoms with van der Waals surface area (Å²) in [5.74, 6) is -1.03. The lowest BCUT2D eigenvalue weighted by atomic mass is 10.2. The van der Waals surface area contributed by atoms with Gasteiger partial charge in [0.1, 0.15) is 12.4 Å². The maximum Gasteiger partial charge on any atom is 0.329 e. The van der Waals surface area contributed by atoms with E-state index in [9.17, 15) is 9.59 Å². The molecule has 25 heavy (non-hydrogen) atoms. The van der Waals surface area contributed by atoms with Crippen molar-refractivity contribution in [2.24, 2.45) is 5.10 Å². The molecular formula is C18H16ClN3O3. The van der Waals surface area contributed by atoms with Gasteiger partial charge in [0.2, 0.25) is 0 Å². The van der Waals surface area contributed by atoms with Crippen LogP contribution in [0, 0.1) is 0 Å². The van der Waals surface area contributed by atoms with E-state index >= 15 is 0 Å². The van der Waals surface area contributed by atoms with Gasteiger partial charge >= 0.3 is 11.8 Å². The average molecular weight is 358 g/mol. The van der Waals surface area contributed by atoms with Crippen molar-refractivity contribution in [1.29, 1.82) is 0 Å². The van der Waals surface area contributed by atoms with Gasteiger partial charge in [0.05, 0.1) is 6.21 Å². The number of anilines is 1. The molecule has 0 fully saturated rings. The van der Waals surface area contributed by atoms with Gasteiger partial charge in [-0.05, 0) is 48.0 Å². The number of hydrogen-bond acceptors (Lipinski definition) is 4. The highest BCUT2D eigenvalue weighted by molar-refractivity contribution is 6.39. The largest absolute Gasteiger partial charge is 0.490 e. The van der Waals surface area contributed by atoms with Gasteiger partial charge < -0.3 is 10.1 Å². The Kier molecular flexibility index (Phi) is 6.74. The number of carbonyl (C=O) groups is 2. The highest BCUT2D eigenvalue weighted by Gasteiger charge is 2.12. The highest BCUT2D eigenvalue weighted by Crippen LogP contribution is 2.14. The normalized spacial score (nSPS) is 10.3. The standard InChI is InChI=1S/C18H16ClN3O3/c1-2-10-25-16-8-6-13(7-9-16)12-20-22-18(24)17(23)21-15-5-3-4-14(19)11-15/h2-9,11-12H,1,10H2,(H,21,23)(H,22,24). The smallest absolute Gasteiger partial charge is 0.329 e. The Labute approximate surface area is 150 Å². The van der Waals surface area contributed by atoms with Crippen LogP contribution < -0.4 is 15.5 Å². The zero-order valence-corrected chi connectivity index (χ0v) is 14.0. The van der Waals surface area contributed by atoms with Crippen molar-refractivity contribution in [2.75, 3.05) is 11.9 Å². The number of hydrogen-bond donors (Lipinski definition) is 2. The predicted molar refractivity (Wildman–Crippen MR) is 98.0 cm³/mol. The first-order chi connectivity index (χ1) is 12.1. The third-order valence-electron chi connectivity index (χ3n) is 2.92. The molecule has 2 N–H and O–H groups in total. The Morgan fingerprint density at radius 3 is 2.60 bits per heavy atom. The number of halogens is 1. The molecule has 0 saturated carbocycles. The minimum atomic E-state index is -0.887. The van der Waals surface area contributed by atoms with Gasteiger partial charge in [-0.15, -0.1) is 0 Å². The molecular weight excluding hydrogens is 342 g/mol. The SMILES string of the molecule is C=CCOc1ccc(C=NNC(=O)C(=O)Nc2cccc(Cl)c2)cc1. The summed E-state index contributed by atoms with van der Waals surface area (Å²) in [6.07, 6.45) is 3.07. The summed E-state index contributed by atoms with van der Waals surface area (Å²) in [4.78, 5) is 23.4. The molecule has 0 atom stereocenters. The van der Waals surface area contributed by atoms with Crippen molar-refractivity contribution in [2.45, 2.75) is 0 Å². The third-order valence-corrected chi connectivity index (χ3v) is 3.15. The molecule has 128 valence electrons. The number of rotatable bonds is 6. The topological polar surface area (TPSA) is 79.8 Å². The Bertz CT molecular complexity index is 788. The molecule has 0 unspecified atom stereocenters. The minimum Gasteiger partial charge on any atom is -0.490 e. The molecule has 0 radical (unpaired) electrons.